The van der Waals surface area contributed by atoms with Crippen molar-refractivity contribution in [3.05, 3.63) is 71.8 Å². The topological polar surface area (TPSA) is 32.8 Å². The molecule has 0 spiro atoms. The van der Waals surface area contributed by atoms with Crippen LogP contribution in [-0.2, 0) is 17.8 Å². The molecule has 1 unspecified atom stereocenters. The fourth-order valence-electron chi connectivity index (χ4n) is 3.59. The maximum Gasteiger partial charge on any atom is 0.411 e. The molecule has 0 aromatic heterocycles. The number of likely N-dealkylation sites (tertiary alicyclic amines) is 1. The Hall–Kier alpha value is -2.47. The number of nitrogens with zero attached hydrogens (tertiary/aromatic N) is 2. The van der Waals surface area contributed by atoms with Crippen LogP contribution in [0, 0.1) is 0 Å². The third-order valence-corrected chi connectivity index (χ3v) is 4.79. The van der Waals surface area contributed by atoms with Gasteiger partial charge in [0.05, 0.1) is 0 Å². The number of halogens is 2. The van der Waals surface area contributed by atoms with Crippen LogP contribution in [0.4, 0.5) is 13.6 Å². The lowest BCUT2D eigenvalue weighted by Crippen LogP contribution is -2.54. The molecule has 0 aliphatic carbocycles. The first-order valence-corrected chi connectivity index (χ1v) is 9.85. The quantitative estimate of drug-likeness (QED) is 0.681. The Labute approximate surface area is 171 Å². The van der Waals surface area contributed by atoms with Gasteiger partial charge in [0.25, 0.3) is 5.92 Å². The Bertz CT molecular complexity index is 765. The first-order chi connectivity index (χ1) is 13.7. The number of ether oxygens (including phenoxy) is 1. The average molecular weight is 402 g/mol. The molecule has 1 atom stereocenters. The Balaban J connectivity index is 1.92. The number of rotatable bonds is 5. The highest BCUT2D eigenvalue weighted by Crippen LogP contribution is 2.38. The van der Waals surface area contributed by atoms with Crippen LogP contribution in [-0.4, -0.2) is 40.1 Å². The van der Waals surface area contributed by atoms with Crippen LogP contribution in [0.15, 0.2) is 60.7 Å². The van der Waals surface area contributed by atoms with Gasteiger partial charge < -0.3 is 4.74 Å². The largest absolute Gasteiger partial charge is 0.444 e. The molecule has 0 radical (unpaired) electrons. The van der Waals surface area contributed by atoms with Crippen molar-refractivity contribution in [3.8, 4) is 0 Å². The summed E-state index contributed by atoms with van der Waals surface area (Å²) in [6, 6.07) is 18.9. The molecular formula is C23H28F2N2O2. The molecule has 1 saturated heterocycles. The summed E-state index contributed by atoms with van der Waals surface area (Å²) < 4.78 is 35.5. The minimum absolute atomic E-state index is 0.0351. The van der Waals surface area contributed by atoms with Crippen LogP contribution in [0.2, 0.25) is 0 Å². The second-order valence-electron chi connectivity index (χ2n) is 8.43. The van der Waals surface area contributed by atoms with Crippen molar-refractivity contribution in [2.24, 2.45) is 0 Å². The van der Waals surface area contributed by atoms with Crippen molar-refractivity contribution >= 4 is 6.09 Å². The molecule has 156 valence electrons. The number of hydrogen-bond donors (Lipinski definition) is 0. The number of hydrogen-bond acceptors (Lipinski definition) is 3. The van der Waals surface area contributed by atoms with Crippen LogP contribution in [0.3, 0.4) is 0 Å². The predicted molar refractivity (Wildman–Crippen MR) is 108 cm³/mol. The van der Waals surface area contributed by atoms with E-state index in [9.17, 15) is 4.79 Å². The van der Waals surface area contributed by atoms with Gasteiger partial charge in [0.15, 0.2) is 6.17 Å². The average Bonchev–Trinajstić information content (AvgIpc) is 2.97. The van der Waals surface area contributed by atoms with Crippen LogP contribution in [0.25, 0.3) is 0 Å². The lowest BCUT2D eigenvalue weighted by molar-refractivity contribution is -0.106. The maximum absolute atomic E-state index is 15.0. The molecule has 4 nitrogen and oxygen atoms in total. The molecule has 1 aliphatic rings. The van der Waals surface area contributed by atoms with Gasteiger partial charge in [-0.2, -0.15) is 0 Å². The Morgan fingerprint density at radius 2 is 1.52 bits per heavy atom. The van der Waals surface area contributed by atoms with Crippen LogP contribution >= 0.6 is 0 Å². The molecule has 0 bridgehead atoms. The molecule has 6 heteroatoms. The van der Waals surface area contributed by atoms with E-state index in [0.29, 0.717) is 13.1 Å². The van der Waals surface area contributed by atoms with Crippen LogP contribution < -0.4 is 0 Å². The fraction of sp³-hybridized carbons (Fsp3) is 0.435. The summed E-state index contributed by atoms with van der Waals surface area (Å²) in [5.74, 6) is -3.03. The summed E-state index contributed by atoms with van der Waals surface area (Å²) in [6.07, 6.45) is -2.44. The van der Waals surface area contributed by atoms with Gasteiger partial charge in [-0.15, -0.1) is 0 Å². The zero-order valence-corrected chi connectivity index (χ0v) is 17.1. The monoisotopic (exact) mass is 402 g/mol. The fourth-order valence-corrected chi connectivity index (χ4v) is 3.59. The van der Waals surface area contributed by atoms with Crippen molar-refractivity contribution in [1.29, 1.82) is 0 Å². The van der Waals surface area contributed by atoms with Gasteiger partial charge >= 0.3 is 6.09 Å². The highest BCUT2D eigenvalue weighted by Gasteiger charge is 2.54. The van der Waals surface area contributed by atoms with E-state index in [1.165, 1.54) is 4.90 Å². The van der Waals surface area contributed by atoms with Gasteiger partial charge in [-0.05, 0) is 31.9 Å². The number of amides is 1. The first-order valence-electron chi connectivity index (χ1n) is 9.85. The highest BCUT2D eigenvalue weighted by atomic mass is 19.3. The smallest absolute Gasteiger partial charge is 0.411 e. The van der Waals surface area contributed by atoms with E-state index in [4.69, 9.17) is 4.74 Å². The molecule has 1 fully saturated rings. The molecule has 0 saturated carbocycles. The number of carbonyl (C=O) groups is 1. The van der Waals surface area contributed by atoms with Crippen molar-refractivity contribution < 1.29 is 18.3 Å². The van der Waals surface area contributed by atoms with Gasteiger partial charge in [-0.1, -0.05) is 60.7 Å². The SMILES string of the molecule is CC(C)(C)OC(=O)N1CCC(F)(F)C1N(Cc1ccccc1)Cc1ccccc1. The zero-order valence-electron chi connectivity index (χ0n) is 17.1. The Kier molecular flexibility index (Phi) is 6.22. The van der Waals surface area contributed by atoms with E-state index in [2.05, 4.69) is 0 Å². The predicted octanol–water partition coefficient (Wildman–Crippen LogP) is 5.29. The van der Waals surface area contributed by atoms with Crippen molar-refractivity contribution in [2.75, 3.05) is 6.54 Å². The normalized spacial score (nSPS) is 18.8. The molecule has 1 heterocycles. The summed E-state index contributed by atoms with van der Waals surface area (Å²) in [5.41, 5.74) is 1.08. The summed E-state index contributed by atoms with van der Waals surface area (Å²) in [6.45, 7) is 5.77. The summed E-state index contributed by atoms with van der Waals surface area (Å²) in [4.78, 5) is 15.6. The minimum Gasteiger partial charge on any atom is -0.444 e. The van der Waals surface area contributed by atoms with Gasteiger partial charge in [-0.25, -0.2) is 13.6 Å². The van der Waals surface area contributed by atoms with E-state index >= 15 is 8.78 Å². The standard InChI is InChI=1S/C23H28F2N2O2/c1-22(2,3)29-21(28)27-15-14-23(24,25)20(27)26(16-18-10-6-4-7-11-18)17-19-12-8-5-9-13-19/h4-13,20H,14-17H2,1-3H3. The van der Waals surface area contributed by atoms with E-state index in [-0.39, 0.29) is 13.0 Å². The van der Waals surface area contributed by atoms with Gasteiger partial charge in [0.1, 0.15) is 5.60 Å². The Morgan fingerprint density at radius 1 is 1.03 bits per heavy atom. The second-order valence-corrected chi connectivity index (χ2v) is 8.43. The highest BCUT2D eigenvalue weighted by molar-refractivity contribution is 5.69. The molecule has 2 aromatic carbocycles. The maximum atomic E-state index is 15.0. The van der Waals surface area contributed by atoms with Crippen molar-refractivity contribution in [1.82, 2.24) is 9.80 Å². The van der Waals surface area contributed by atoms with Crippen molar-refractivity contribution in [3.63, 3.8) is 0 Å². The van der Waals surface area contributed by atoms with Gasteiger partial charge in [0, 0.05) is 26.1 Å². The molecule has 1 amide bonds. The summed E-state index contributed by atoms with van der Waals surface area (Å²) in [7, 11) is 0. The summed E-state index contributed by atoms with van der Waals surface area (Å²) in [5, 5.41) is 0. The molecular weight excluding hydrogens is 374 g/mol. The first kappa shape index (κ1) is 21.2. The lowest BCUT2D eigenvalue weighted by atomic mass is 10.1. The lowest BCUT2D eigenvalue weighted by Gasteiger charge is -2.38. The third-order valence-electron chi connectivity index (χ3n) is 4.79. The van der Waals surface area contributed by atoms with E-state index < -0.39 is 23.8 Å². The van der Waals surface area contributed by atoms with E-state index in [0.717, 1.165) is 11.1 Å². The molecule has 0 N–H and O–H groups in total. The minimum atomic E-state index is -3.03. The zero-order chi connectivity index (χ0) is 21.1. The summed E-state index contributed by atoms with van der Waals surface area (Å²) >= 11 is 0. The van der Waals surface area contributed by atoms with Crippen LogP contribution in [0.1, 0.15) is 38.3 Å². The third kappa shape index (κ3) is 5.54. The van der Waals surface area contributed by atoms with Gasteiger partial charge in [-0.3, -0.25) is 9.80 Å². The molecule has 1 aliphatic heterocycles. The van der Waals surface area contributed by atoms with Crippen molar-refractivity contribution in [2.45, 2.75) is 58.0 Å². The number of benzene rings is 2. The molecule has 29 heavy (non-hydrogen) atoms. The number of carbonyl (C=O) groups excluding carboxylic acids is 1. The van der Waals surface area contributed by atoms with Crippen LogP contribution in [0.5, 0.6) is 0 Å². The number of alkyl halides is 2. The molecule has 3 rings (SSSR count). The Morgan fingerprint density at radius 3 is 1.97 bits per heavy atom. The van der Waals surface area contributed by atoms with E-state index in [1.54, 1.807) is 25.7 Å². The van der Waals surface area contributed by atoms with Gasteiger partial charge in [0.2, 0.25) is 0 Å². The second kappa shape index (κ2) is 8.49. The van der Waals surface area contributed by atoms with E-state index in [1.807, 2.05) is 60.7 Å². The molecule has 2 aromatic rings.